The number of aromatic amines is 1. The van der Waals surface area contributed by atoms with Crippen LogP contribution < -0.4 is 10.1 Å². The Morgan fingerprint density at radius 3 is 2.56 bits per heavy atom. The Kier molecular flexibility index (Phi) is 5.20. The lowest BCUT2D eigenvalue weighted by atomic mass is 10.2. The number of ether oxygens (including phenoxy) is 1. The van der Waals surface area contributed by atoms with Gasteiger partial charge in [0, 0.05) is 17.4 Å². The SMILES string of the molecule is O=C(Nc1ccc(OCc2ccccc2F)cc1)c1ccc[nH]c1=S. The zero-order valence-corrected chi connectivity index (χ0v) is 14.0. The molecule has 0 spiro atoms. The van der Waals surface area contributed by atoms with Gasteiger partial charge in [-0.3, -0.25) is 4.79 Å². The van der Waals surface area contributed by atoms with Gasteiger partial charge >= 0.3 is 0 Å². The third-order valence-electron chi connectivity index (χ3n) is 3.53. The van der Waals surface area contributed by atoms with Gasteiger partial charge in [-0.2, -0.15) is 0 Å². The second kappa shape index (κ2) is 7.72. The molecule has 0 aliphatic heterocycles. The maximum atomic E-state index is 13.6. The van der Waals surface area contributed by atoms with Gasteiger partial charge in [0.1, 0.15) is 22.8 Å². The van der Waals surface area contributed by atoms with Crippen LogP contribution in [0.2, 0.25) is 0 Å². The minimum absolute atomic E-state index is 0.136. The van der Waals surface area contributed by atoms with Crippen LogP contribution in [-0.2, 0) is 6.61 Å². The highest BCUT2D eigenvalue weighted by molar-refractivity contribution is 7.71. The predicted molar refractivity (Wildman–Crippen MR) is 96.8 cm³/mol. The lowest BCUT2D eigenvalue weighted by Gasteiger charge is -2.09. The first-order valence-electron chi connectivity index (χ1n) is 7.59. The molecule has 0 fully saturated rings. The summed E-state index contributed by atoms with van der Waals surface area (Å²) >= 11 is 5.09. The topological polar surface area (TPSA) is 54.1 Å². The van der Waals surface area contributed by atoms with Crippen molar-refractivity contribution >= 4 is 23.8 Å². The number of amides is 1. The first kappa shape index (κ1) is 16.9. The average Bonchev–Trinajstić information content (AvgIpc) is 2.62. The highest BCUT2D eigenvalue weighted by Gasteiger charge is 2.08. The third kappa shape index (κ3) is 4.30. The summed E-state index contributed by atoms with van der Waals surface area (Å²) in [6.45, 7) is 0.136. The number of carbonyl (C=O) groups is 1. The second-order valence-electron chi connectivity index (χ2n) is 5.27. The van der Waals surface area contributed by atoms with E-state index in [1.54, 1.807) is 60.8 Å². The van der Waals surface area contributed by atoms with Crippen LogP contribution in [0.15, 0.2) is 66.9 Å². The van der Waals surface area contributed by atoms with E-state index in [1.165, 1.54) is 6.07 Å². The Morgan fingerprint density at radius 2 is 1.84 bits per heavy atom. The van der Waals surface area contributed by atoms with E-state index in [2.05, 4.69) is 10.3 Å². The number of carbonyl (C=O) groups excluding carboxylic acids is 1. The van der Waals surface area contributed by atoms with Gasteiger partial charge in [-0.05, 0) is 42.5 Å². The van der Waals surface area contributed by atoms with Crippen LogP contribution in [0.1, 0.15) is 15.9 Å². The van der Waals surface area contributed by atoms with Crippen LogP contribution in [0.25, 0.3) is 0 Å². The molecule has 1 aromatic heterocycles. The summed E-state index contributed by atoms with van der Waals surface area (Å²) in [5, 5.41) is 2.77. The van der Waals surface area contributed by atoms with Gasteiger partial charge in [-0.1, -0.05) is 30.4 Å². The van der Waals surface area contributed by atoms with Crippen molar-refractivity contribution in [2.24, 2.45) is 0 Å². The molecule has 126 valence electrons. The molecular weight excluding hydrogens is 339 g/mol. The zero-order valence-electron chi connectivity index (χ0n) is 13.2. The normalized spacial score (nSPS) is 10.3. The standard InChI is InChI=1S/C19H15FN2O2S/c20-17-6-2-1-4-13(17)12-24-15-9-7-14(8-10-15)22-18(23)16-5-3-11-21-19(16)25/h1-11H,12H2,(H,21,25)(H,22,23). The Balaban J connectivity index is 1.62. The van der Waals surface area contributed by atoms with Crippen molar-refractivity contribution < 1.29 is 13.9 Å². The van der Waals surface area contributed by atoms with Gasteiger partial charge in [0.25, 0.3) is 5.91 Å². The molecule has 6 heteroatoms. The summed E-state index contributed by atoms with van der Waals surface area (Å²) in [6, 6.07) is 16.7. The number of pyridine rings is 1. The number of benzene rings is 2. The molecule has 0 unspecified atom stereocenters. The van der Waals surface area contributed by atoms with Gasteiger partial charge < -0.3 is 15.0 Å². The van der Waals surface area contributed by atoms with Crippen molar-refractivity contribution in [2.45, 2.75) is 6.61 Å². The fraction of sp³-hybridized carbons (Fsp3) is 0.0526. The quantitative estimate of drug-likeness (QED) is 0.652. The molecule has 25 heavy (non-hydrogen) atoms. The fourth-order valence-electron chi connectivity index (χ4n) is 2.21. The highest BCUT2D eigenvalue weighted by atomic mass is 32.1. The second-order valence-corrected chi connectivity index (χ2v) is 5.68. The minimum atomic E-state index is -0.300. The van der Waals surface area contributed by atoms with E-state index in [9.17, 15) is 9.18 Å². The molecule has 2 aromatic carbocycles. The summed E-state index contributed by atoms with van der Waals surface area (Å²) < 4.78 is 19.5. The van der Waals surface area contributed by atoms with Gasteiger partial charge in [0.15, 0.2) is 0 Å². The van der Waals surface area contributed by atoms with Crippen LogP contribution in [-0.4, -0.2) is 10.9 Å². The van der Waals surface area contributed by atoms with E-state index >= 15 is 0 Å². The van der Waals surface area contributed by atoms with E-state index in [0.29, 0.717) is 27.2 Å². The summed E-state index contributed by atoms with van der Waals surface area (Å²) in [7, 11) is 0. The lowest BCUT2D eigenvalue weighted by molar-refractivity contribution is 0.102. The van der Waals surface area contributed by atoms with Crippen LogP contribution in [0, 0.1) is 10.5 Å². The number of hydrogen-bond donors (Lipinski definition) is 2. The van der Waals surface area contributed by atoms with Crippen molar-refractivity contribution in [2.75, 3.05) is 5.32 Å². The van der Waals surface area contributed by atoms with Crippen LogP contribution in [0.5, 0.6) is 5.75 Å². The summed E-state index contributed by atoms with van der Waals surface area (Å²) in [4.78, 5) is 15.0. The molecule has 0 radical (unpaired) electrons. The summed E-state index contributed by atoms with van der Waals surface area (Å²) in [6.07, 6.45) is 1.67. The van der Waals surface area contributed by atoms with Crippen molar-refractivity contribution in [3.05, 3.63) is 88.4 Å². The Morgan fingerprint density at radius 1 is 1.08 bits per heavy atom. The third-order valence-corrected chi connectivity index (χ3v) is 3.86. The monoisotopic (exact) mass is 354 g/mol. The van der Waals surface area contributed by atoms with Crippen molar-refractivity contribution in [3.63, 3.8) is 0 Å². The molecule has 4 nitrogen and oxygen atoms in total. The van der Waals surface area contributed by atoms with E-state index in [0.717, 1.165) is 0 Å². The number of anilines is 1. The Hall–Kier alpha value is -2.99. The van der Waals surface area contributed by atoms with E-state index in [1.807, 2.05) is 0 Å². The van der Waals surface area contributed by atoms with Gasteiger partial charge in [-0.25, -0.2) is 4.39 Å². The van der Waals surface area contributed by atoms with Crippen LogP contribution >= 0.6 is 12.2 Å². The molecule has 0 saturated heterocycles. The molecule has 3 rings (SSSR count). The number of hydrogen-bond acceptors (Lipinski definition) is 3. The number of H-pyrrole nitrogens is 1. The van der Waals surface area contributed by atoms with Crippen molar-refractivity contribution in [1.29, 1.82) is 0 Å². The van der Waals surface area contributed by atoms with E-state index in [-0.39, 0.29) is 18.3 Å². The molecule has 0 saturated carbocycles. The summed E-state index contributed by atoms with van der Waals surface area (Å²) in [5.41, 5.74) is 1.50. The van der Waals surface area contributed by atoms with E-state index < -0.39 is 0 Å². The van der Waals surface area contributed by atoms with Gasteiger partial charge in [0.05, 0.1) is 5.56 Å². The first-order chi connectivity index (χ1) is 12.1. The molecule has 0 aliphatic carbocycles. The molecule has 0 aliphatic rings. The Labute approximate surface area is 149 Å². The lowest BCUT2D eigenvalue weighted by Crippen LogP contribution is -2.12. The maximum absolute atomic E-state index is 13.6. The molecule has 3 aromatic rings. The first-order valence-corrected chi connectivity index (χ1v) is 7.99. The number of nitrogens with one attached hydrogen (secondary N) is 2. The summed E-state index contributed by atoms with van der Waals surface area (Å²) in [5.74, 6) is -0.00843. The molecular formula is C19H15FN2O2S. The fourth-order valence-corrected chi connectivity index (χ4v) is 2.44. The Bertz CT molecular complexity index is 938. The molecule has 1 heterocycles. The predicted octanol–water partition coefficient (Wildman–Crippen LogP) is 4.71. The molecule has 0 bridgehead atoms. The van der Waals surface area contributed by atoms with Crippen LogP contribution in [0.4, 0.5) is 10.1 Å². The largest absolute Gasteiger partial charge is 0.489 e. The van der Waals surface area contributed by atoms with Gasteiger partial charge in [0.2, 0.25) is 0 Å². The highest BCUT2D eigenvalue weighted by Crippen LogP contribution is 2.18. The van der Waals surface area contributed by atoms with Crippen LogP contribution in [0.3, 0.4) is 0 Å². The van der Waals surface area contributed by atoms with E-state index in [4.69, 9.17) is 17.0 Å². The van der Waals surface area contributed by atoms with Crippen molar-refractivity contribution in [3.8, 4) is 5.75 Å². The molecule has 2 N–H and O–H groups in total. The van der Waals surface area contributed by atoms with Crippen molar-refractivity contribution in [1.82, 2.24) is 4.98 Å². The molecule has 0 atom stereocenters. The average molecular weight is 354 g/mol. The number of halogens is 1. The zero-order chi connectivity index (χ0) is 17.6. The smallest absolute Gasteiger partial charge is 0.258 e. The van der Waals surface area contributed by atoms with Gasteiger partial charge in [-0.15, -0.1) is 0 Å². The number of rotatable bonds is 5. The maximum Gasteiger partial charge on any atom is 0.258 e. The number of aromatic nitrogens is 1. The molecule has 1 amide bonds. The minimum Gasteiger partial charge on any atom is -0.489 e.